The summed E-state index contributed by atoms with van der Waals surface area (Å²) in [7, 11) is -3.55. The molecule has 2 heterocycles. The van der Waals surface area contributed by atoms with Gasteiger partial charge in [-0.2, -0.15) is 4.31 Å². The van der Waals surface area contributed by atoms with Crippen LogP contribution in [0.2, 0.25) is 10.0 Å². The van der Waals surface area contributed by atoms with Gasteiger partial charge in [-0.3, -0.25) is 9.69 Å². The highest BCUT2D eigenvalue weighted by Crippen LogP contribution is 2.26. The highest BCUT2D eigenvalue weighted by Gasteiger charge is 2.28. The highest BCUT2D eigenvalue weighted by molar-refractivity contribution is 7.89. The minimum absolute atomic E-state index is 0.0578. The first-order chi connectivity index (χ1) is 15.8. The summed E-state index contributed by atoms with van der Waals surface area (Å²) in [5.41, 5.74) is 1.64. The molecule has 0 aliphatic carbocycles. The first kappa shape index (κ1) is 24.4. The van der Waals surface area contributed by atoms with Crippen molar-refractivity contribution in [2.45, 2.75) is 24.3 Å². The Balaban J connectivity index is 1.35. The smallest absolute Gasteiger partial charge is 0.243 e. The monoisotopic (exact) mass is 511 g/mol. The summed E-state index contributed by atoms with van der Waals surface area (Å²) in [6, 6.07) is 12.0. The number of amides is 1. The molecule has 2 aliphatic rings. The van der Waals surface area contributed by atoms with Crippen LogP contribution in [-0.2, 0) is 26.1 Å². The summed E-state index contributed by atoms with van der Waals surface area (Å²) >= 11 is 12.1. The van der Waals surface area contributed by atoms with Crippen molar-refractivity contribution in [1.82, 2.24) is 9.21 Å². The van der Waals surface area contributed by atoms with E-state index in [-0.39, 0.29) is 16.7 Å². The van der Waals surface area contributed by atoms with Gasteiger partial charge in [0, 0.05) is 31.9 Å². The fourth-order valence-corrected chi connectivity index (χ4v) is 5.93. The molecular weight excluding hydrogens is 485 g/mol. The van der Waals surface area contributed by atoms with Gasteiger partial charge < -0.3 is 10.1 Å². The Hall–Kier alpha value is -1.68. The largest absolute Gasteiger partial charge is 0.379 e. The Morgan fingerprint density at radius 1 is 1.03 bits per heavy atom. The lowest BCUT2D eigenvalue weighted by Gasteiger charge is -2.32. The number of ether oxygens (including phenoxy) is 1. The number of likely N-dealkylation sites (tertiary alicyclic amines) is 1. The van der Waals surface area contributed by atoms with Crippen LogP contribution in [0.25, 0.3) is 0 Å². The van der Waals surface area contributed by atoms with E-state index < -0.39 is 10.0 Å². The maximum absolute atomic E-state index is 12.9. The van der Waals surface area contributed by atoms with Crippen molar-refractivity contribution in [3.63, 3.8) is 0 Å². The van der Waals surface area contributed by atoms with Gasteiger partial charge in [-0.15, -0.1) is 0 Å². The van der Waals surface area contributed by atoms with Crippen LogP contribution in [0, 0.1) is 5.92 Å². The fourth-order valence-electron chi connectivity index (χ4n) is 4.20. The van der Waals surface area contributed by atoms with Crippen LogP contribution >= 0.6 is 23.2 Å². The SMILES string of the molecule is O=C(Nc1ccc(S(=O)(=O)N2CCOCC2)cc1)C1CCCN(Cc2ccc(Cl)c(Cl)c2)C1. The number of piperidine rings is 1. The van der Waals surface area contributed by atoms with Gasteiger partial charge in [0.15, 0.2) is 0 Å². The van der Waals surface area contributed by atoms with Crippen molar-refractivity contribution in [2.75, 3.05) is 44.7 Å². The van der Waals surface area contributed by atoms with E-state index in [0.29, 0.717) is 55.1 Å². The lowest BCUT2D eigenvalue weighted by atomic mass is 9.96. The molecule has 0 saturated carbocycles. The summed E-state index contributed by atoms with van der Waals surface area (Å²) in [6.07, 6.45) is 1.74. The van der Waals surface area contributed by atoms with Crippen molar-refractivity contribution >= 4 is 44.8 Å². The fraction of sp³-hybridized carbons (Fsp3) is 0.435. The zero-order valence-corrected chi connectivity index (χ0v) is 20.5. The highest BCUT2D eigenvalue weighted by atomic mass is 35.5. The first-order valence-electron chi connectivity index (χ1n) is 11.0. The minimum atomic E-state index is -3.55. The van der Waals surface area contributed by atoms with Crippen molar-refractivity contribution in [3.05, 3.63) is 58.1 Å². The Labute approximate surface area is 204 Å². The number of nitrogens with one attached hydrogen (secondary N) is 1. The molecule has 10 heteroatoms. The zero-order valence-electron chi connectivity index (χ0n) is 18.2. The van der Waals surface area contributed by atoms with E-state index >= 15 is 0 Å². The lowest BCUT2D eigenvalue weighted by molar-refractivity contribution is -0.121. The second-order valence-electron chi connectivity index (χ2n) is 8.35. The van der Waals surface area contributed by atoms with E-state index in [1.54, 1.807) is 18.2 Å². The van der Waals surface area contributed by atoms with Gasteiger partial charge in [0.25, 0.3) is 0 Å². The van der Waals surface area contributed by atoms with Gasteiger partial charge in [0.05, 0.1) is 34.1 Å². The topological polar surface area (TPSA) is 79.0 Å². The molecule has 0 bridgehead atoms. The van der Waals surface area contributed by atoms with E-state index in [1.807, 2.05) is 12.1 Å². The number of carbonyl (C=O) groups is 1. The van der Waals surface area contributed by atoms with Crippen LogP contribution in [0.3, 0.4) is 0 Å². The van der Waals surface area contributed by atoms with E-state index in [4.69, 9.17) is 27.9 Å². The maximum atomic E-state index is 12.9. The molecule has 2 aliphatic heterocycles. The van der Waals surface area contributed by atoms with Crippen LogP contribution in [-0.4, -0.2) is 62.9 Å². The van der Waals surface area contributed by atoms with E-state index in [0.717, 1.165) is 24.9 Å². The molecule has 0 spiro atoms. The summed E-state index contributed by atoms with van der Waals surface area (Å²) in [5, 5.41) is 3.99. The van der Waals surface area contributed by atoms with Gasteiger partial charge in [-0.05, 0) is 61.3 Å². The van der Waals surface area contributed by atoms with Gasteiger partial charge in [-0.25, -0.2) is 8.42 Å². The maximum Gasteiger partial charge on any atom is 0.243 e. The second-order valence-corrected chi connectivity index (χ2v) is 11.1. The van der Waals surface area contributed by atoms with Crippen LogP contribution in [0.4, 0.5) is 5.69 Å². The third kappa shape index (κ3) is 6.07. The second kappa shape index (κ2) is 10.7. The molecule has 0 aromatic heterocycles. The summed E-state index contributed by atoms with van der Waals surface area (Å²) in [4.78, 5) is 15.3. The molecule has 7 nitrogen and oxygen atoms in total. The molecule has 0 radical (unpaired) electrons. The number of hydrogen-bond donors (Lipinski definition) is 1. The average Bonchev–Trinajstić information content (AvgIpc) is 2.82. The summed E-state index contributed by atoms with van der Waals surface area (Å²) in [5.74, 6) is -0.198. The number of carbonyl (C=O) groups excluding carboxylic acids is 1. The van der Waals surface area contributed by atoms with Crippen molar-refractivity contribution in [1.29, 1.82) is 0 Å². The minimum Gasteiger partial charge on any atom is -0.379 e. The lowest BCUT2D eigenvalue weighted by Crippen LogP contribution is -2.40. The summed E-state index contributed by atoms with van der Waals surface area (Å²) < 4.78 is 32.2. The number of anilines is 1. The molecule has 1 unspecified atom stereocenters. The number of morpholine rings is 1. The number of halogens is 2. The number of sulfonamides is 1. The Morgan fingerprint density at radius 3 is 2.45 bits per heavy atom. The molecular formula is C23H27Cl2N3O4S. The Kier molecular flexibility index (Phi) is 7.94. The first-order valence-corrected chi connectivity index (χ1v) is 13.2. The Morgan fingerprint density at radius 2 is 1.76 bits per heavy atom. The predicted molar refractivity (Wildman–Crippen MR) is 129 cm³/mol. The molecule has 4 rings (SSSR count). The number of hydrogen-bond acceptors (Lipinski definition) is 5. The normalized spacial score (nSPS) is 20.5. The van der Waals surface area contributed by atoms with Gasteiger partial charge in [-0.1, -0.05) is 29.3 Å². The standard InChI is InChI=1S/C23H27Cl2N3O4S/c24-21-8-3-17(14-22(21)25)15-27-9-1-2-18(16-27)23(29)26-19-4-6-20(7-5-19)33(30,31)28-10-12-32-13-11-28/h3-8,14,18H,1-2,9-13,15-16H2,(H,26,29). The molecule has 2 aromatic carbocycles. The average molecular weight is 512 g/mol. The van der Waals surface area contributed by atoms with Crippen LogP contribution < -0.4 is 5.32 Å². The van der Waals surface area contributed by atoms with E-state index in [1.165, 1.54) is 16.4 Å². The molecule has 33 heavy (non-hydrogen) atoms. The number of rotatable bonds is 6. The van der Waals surface area contributed by atoms with E-state index in [2.05, 4.69) is 10.2 Å². The molecule has 2 fully saturated rings. The quantitative estimate of drug-likeness (QED) is 0.636. The third-order valence-corrected chi connectivity index (χ3v) is 8.65. The molecule has 1 amide bonds. The molecule has 2 saturated heterocycles. The molecule has 2 aromatic rings. The predicted octanol–water partition coefficient (Wildman–Crippen LogP) is 3.87. The van der Waals surface area contributed by atoms with Crippen LogP contribution in [0.1, 0.15) is 18.4 Å². The van der Waals surface area contributed by atoms with Gasteiger partial charge in [0.1, 0.15) is 0 Å². The van der Waals surface area contributed by atoms with Crippen LogP contribution in [0.5, 0.6) is 0 Å². The van der Waals surface area contributed by atoms with Gasteiger partial charge >= 0.3 is 0 Å². The summed E-state index contributed by atoms with van der Waals surface area (Å²) in [6.45, 7) is 3.76. The number of nitrogens with zero attached hydrogens (tertiary/aromatic N) is 2. The number of benzene rings is 2. The van der Waals surface area contributed by atoms with E-state index in [9.17, 15) is 13.2 Å². The van der Waals surface area contributed by atoms with Crippen molar-refractivity contribution < 1.29 is 17.9 Å². The van der Waals surface area contributed by atoms with Crippen LogP contribution in [0.15, 0.2) is 47.4 Å². The van der Waals surface area contributed by atoms with Crippen molar-refractivity contribution in [2.24, 2.45) is 5.92 Å². The zero-order chi connectivity index (χ0) is 23.4. The molecule has 1 atom stereocenters. The van der Waals surface area contributed by atoms with Crippen molar-refractivity contribution in [3.8, 4) is 0 Å². The van der Waals surface area contributed by atoms with Gasteiger partial charge in [0.2, 0.25) is 15.9 Å². The Bertz CT molecular complexity index is 1090. The molecule has 178 valence electrons. The third-order valence-electron chi connectivity index (χ3n) is 6.00. The molecule has 1 N–H and O–H groups in total.